The molecule has 4 aromatic carbocycles. The van der Waals surface area contributed by atoms with E-state index in [1.807, 2.05) is 25.1 Å². The van der Waals surface area contributed by atoms with E-state index in [4.69, 9.17) is 23.7 Å². The molecule has 0 radical (unpaired) electrons. The number of unbranched alkanes of at least 4 members (excludes halogenated alkanes) is 2. The van der Waals surface area contributed by atoms with Crippen LogP contribution < -0.4 is 14.2 Å². The van der Waals surface area contributed by atoms with E-state index in [-0.39, 0.29) is 5.12 Å². The molecule has 4 rings (SSSR count). The molecule has 10 nitrogen and oxygen atoms in total. The monoisotopic (exact) mass is 735 g/mol. The number of nitrogens with zero attached hydrogens (tertiary/aromatic N) is 1. The average molecular weight is 736 g/mol. The molecule has 0 heterocycles. The van der Waals surface area contributed by atoms with Gasteiger partial charge in [0.15, 0.2) is 0 Å². The summed E-state index contributed by atoms with van der Waals surface area (Å²) in [5, 5.41) is -0.0861. The number of aliphatic imine (C=N–C) groups is 1. The molecule has 274 valence electrons. The summed E-state index contributed by atoms with van der Waals surface area (Å²) in [7, 11) is 0. The SMILES string of the molecule is C=CC(=O)OCCCCOc1ccc(C(=O)Oc2ccc(/C=N/c3ccc(SC(=O)c4ccc(OCCCCOC(=O)C=C)cc4)cc3C)cc2)cc1. The fourth-order valence-corrected chi connectivity index (χ4v) is 5.40. The molecule has 0 amide bonds. The van der Waals surface area contributed by atoms with Crippen molar-refractivity contribution in [1.82, 2.24) is 0 Å². The molecular formula is C42H41NO9S. The molecule has 0 fully saturated rings. The van der Waals surface area contributed by atoms with Gasteiger partial charge in [-0.05, 0) is 146 Å². The molecule has 0 spiro atoms. The zero-order chi connectivity index (χ0) is 37.8. The highest BCUT2D eigenvalue weighted by atomic mass is 32.2. The van der Waals surface area contributed by atoms with Crippen LogP contribution in [0.25, 0.3) is 0 Å². The van der Waals surface area contributed by atoms with Crippen molar-refractivity contribution in [3.05, 3.63) is 139 Å². The van der Waals surface area contributed by atoms with Gasteiger partial charge in [-0.25, -0.2) is 14.4 Å². The summed E-state index contributed by atoms with van der Waals surface area (Å²) in [5.41, 5.74) is 3.44. The van der Waals surface area contributed by atoms with E-state index in [9.17, 15) is 19.2 Å². The summed E-state index contributed by atoms with van der Waals surface area (Å²) in [5.74, 6) is 0.309. The molecule has 0 saturated heterocycles. The van der Waals surface area contributed by atoms with Crippen LogP contribution in [-0.4, -0.2) is 55.7 Å². The maximum atomic E-state index is 12.9. The summed E-state index contributed by atoms with van der Waals surface area (Å²) in [6.45, 7) is 10.2. The summed E-state index contributed by atoms with van der Waals surface area (Å²) in [6.07, 6.45) is 6.77. The maximum Gasteiger partial charge on any atom is 0.343 e. The minimum atomic E-state index is -0.492. The number of rotatable bonds is 20. The Morgan fingerprint density at radius 2 is 1.15 bits per heavy atom. The topological polar surface area (TPSA) is 127 Å². The first-order chi connectivity index (χ1) is 25.7. The third-order valence-corrected chi connectivity index (χ3v) is 8.35. The Labute approximate surface area is 313 Å². The van der Waals surface area contributed by atoms with Crippen LogP contribution in [0.1, 0.15) is 57.5 Å². The van der Waals surface area contributed by atoms with E-state index < -0.39 is 17.9 Å². The second-order valence-corrected chi connectivity index (χ2v) is 12.5. The number of benzene rings is 4. The first kappa shape index (κ1) is 39.8. The fraction of sp³-hybridized carbons (Fsp3) is 0.214. The molecule has 0 saturated carbocycles. The normalized spacial score (nSPS) is 10.7. The summed E-state index contributed by atoms with van der Waals surface area (Å²) < 4.78 is 26.8. The number of ether oxygens (including phenoxy) is 5. The van der Waals surface area contributed by atoms with Crippen LogP contribution in [0.2, 0.25) is 0 Å². The van der Waals surface area contributed by atoms with Gasteiger partial charge in [0, 0.05) is 28.8 Å². The fourth-order valence-electron chi connectivity index (χ4n) is 4.56. The van der Waals surface area contributed by atoms with Gasteiger partial charge in [-0.15, -0.1) is 0 Å². The van der Waals surface area contributed by atoms with Crippen molar-refractivity contribution in [2.24, 2.45) is 4.99 Å². The van der Waals surface area contributed by atoms with Crippen molar-refractivity contribution in [3.63, 3.8) is 0 Å². The second-order valence-electron chi connectivity index (χ2n) is 11.5. The largest absolute Gasteiger partial charge is 0.494 e. The molecule has 0 atom stereocenters. The van der Waals surface area contributed by atoms with Gasteiger partial charge in [0.25, 0.3) is 0 Å². The molecule has 0 aliphatic heterocycles. The van der Waals surface area contributed by atoms with E-state index in [0.717, 1.165) is 52.0 Å². The Hall–Kier alpha value is -5.94. The van der Waals surface area contributed by atoms with Gasteiger partial charge >= 0.3 is 17.9 Å². The van der Waals surface area contributed by atoms with Crippen LogP contribution in [0.3, 0.4) is 0 Å². The van der Waals surface area contributed by atoms with Crippen LogP contribution in [0.4, 0.5) is 5.69 Å². The number of hydrogen-bond acceptors (Lipinski definition) is 11. The zero-order valence-electron chi connectivity index (χ0n) is 29.5. The average Bonchev–Trinajstić information content (AvgIpc) is 3.17. The van der Waals surface area contributed by atoms with Gasteiger partial charge in [-0.1, -0.05) is 13.2 Å². The number of aryl methyl sites for hydroxylation is 1. The van der Waals surface area contributed by atoms with Gasteiger partial charge in [0.2, 0.25) is 5.12 Å². The Kier molecular flexibility index (Phi) is 16.1. The third kappa shape index (κ3) is 14.0. The smallest absolute Gasteiger partial charge is 0.343 e. The number of esters is 3. The zero-order valence-corrected chi connectivity index (χ0v) is 30.3. The highest BCUT2D eigenvalue weighted by molar-refractivity contribution is 8.14. The van der Waals surface area contributed by atoms with Crippen molar-refractivity contribution in [1.29, 1.82) is 0 Å². The predicted molar refractivity (Wildman–Crippen MR) is 205 cm³/mol. The molecule has 53 heavy (non-hydrogen) atoms. The van der Waals surface area contributed by atoms with E-state index in [1.165, 1.54) is 0 Å². The molecule has 11 heteroatoms. The minimum Gasteiger partial charge on any atom is -0.494 e. The Balaban J connectivity index is 1.19. The number of carbonyl (C=O) groups is 4. The molecule has 0 N–H and O–H groups in total. The third-order valence-electron chi connectivity index (χ3n) is 7.44. The summed E-state index contributed by atoms with van der Waals surface area (Å²) in [6, 6.07) is 26.4. The highest BCUT2D eigenvalue weighted by Crippen LogP contribution is 2.29. The Morgan fingerprint density at radius 1 is 0.642 bits per heavy atom. The highest BCUT2D eigenvalue weighted by Gasteiger charge is 2.11. The van der Waals surface area contributed by atoms with E-state index in [2.05, 4.69) is 18.2 Å². The Bertz CT molecular complexity index is 1890. The van der Waals surface area contributed by atoms with Crippen LogP contribution in [0.15, 0.2) is 126 Å². The Morgan fingerprint density at radius 3 is 1.68 bits per heavy atom. The summed E-state index contributed by atoms with van der Waals surface area (Å²) in [4.78, 5) is 53.1. The maximum absolute atomic E-state index is 12.9. The van der Waals surface area contributed by atoms with Crippen LogP contribution in [-0.2, 0) is 19.1 Å². The van der Waals surface area contributed by atoms with E-state index in [0.29, 0.717) is 74.1 Å². The van der Waals surface area contributed by atoms with Crippen molar-refractivity contribution in [2.45, 2.75) is 37.5 Å². The molecule has 0 aromatic heterocycles. The van der Waals surface area contributed by atoms with Crippen molar-refractivity contribution < 1.29 is 42.9 Å². The standard InChI is InChI=1S/C42H41NO9S/c1-4-39(44)50-26-8-6-24-48-34-18-12-32(13-19-34)41(46)52-36-16-10-31(11-17-36)29-43-38-23-22-37(28-30(38)3)53-42(47)33-14-20-35(21-15-33)49-25-7-9-27-51-40(45)5-2/h4-5,10-23,28-29H,1-2,6-9,24-27H2,3H3/b43-29+. The molecule has 0 aliphatic carbocycles. The summed E-state index contributed by atoms with van der Waals surface area (Å²) >= 11 is 1.14. The molecule has 4 aromatic rings. The van der Waals surface area contributed by atoms with Crippen LogP contribution in [0, 0.1) is 6.92 Å². The molecule has 0 unspecified atom stereocenters. The van der Waals surface area contributed by atoms with Gasteiger partial charge in [-0.3, -0.25) is 9.79 Å². The van der Waals surface area contributed by atoms with Crippen molar-refractivity contribution >= 4 is 46.7 Å². The molecular weight excluding hydrogens is 695 g/mol. The number of carbonyl (C=O) groups excluding carboxylic acids is 4. The van der Waals surface area contributed by atoms with E-state index >= 15 is 0 Å². The lowest BCUT2D eigenvalue weighted by molar-refractivity contribution is -0.138. The lowest BCUT2D eigenvalue weighted by atomic mass is 10.2. The molecule has 0 aliphatic rings. The van der Waals surface area contributed by atoms with Crippen molar-refractivity contribution in [2.75, 3.05) is 26.4 Å². The van der Waals surface area contributed by atoms with Crippen molar-refractivity contribution in [3.8, 4) is 17.2 Å². The van der Waals surface area contributed by atoms with Gasteiger partial charge in [-0.2, -0.15) is 0 Å². The van der Waals surface area contributed by atoms with Gasteiger partial charge < -0.3 is 23.7 Å². The van der Waals surface area contributed by atoms with Gasteiger partial charge in [0.1, 0.15) is 17.2 Å². The quantitative estimate of drug-likeness (QED) is 0.0217. The van der Waals surface area contributed by atoms with Gasteiger partial charge in [0.05, 0.1) is 37.7 Å². The predicted octanol–water partition coefficient (Wildman–Crippen LogP) is 8.67. The lowest BCUT2D eigenvalue weighted by Crippen LogP contribution is -2.08. The first-order valence-corrected chi connectivity index (χ1v) is 17.8. The minimum absolute atomic E-state index is 0.0861. The van der Waals surface area contributed by atoms with E-state index in [1.54, 1.807) is 79.0 Å². The first-order valence-electron chi connectivity index (χ1n) is 17.0. The number of hydrogen-bond donors (Lipinski definition) is 0. The number of thioether (sulfide) groups is 1. The lowest BCUT2D eigenvalue weighted by Gasteiger charge is -2.08. The second kappa shape index (κ2) is 21.4. The van der Waals surface area contributed by atoms with Crippen LogP contribution >= 0.6 is 11.8 Å². The molecule has 0 bridgehead atoms. The van der Waals surface area contributed by atoms with Crippen LogP contribution in [0.5, 0.6) is 17.2 Å².